The van der Waals surface area contributed by atoms with Crippen LogP contribution in [0.4, 0.5) is 0 Å². The maximum Gasteiger partial charge on any atom is 0.228 e. The van der Waals surface area contributed by atoms with Crippen molar-refractivity contribution < 1.29 is 4.74 Å². The van der Waals surface area contributed by atoms with Gasteiger partial charge in [-0.25, -0.2) is 14.6 Å². The molecule has 0 amide bonds. The molecule has 4 aromatic heterocycles. The van der Waals surface area contributed by atoms with Crippen molar-refractivity contribution in [1.29, 1.82) is 0 Å². The molecule has 0 aliphatic heterocycles. The third-order valence-corrected chi connectivity index (χ3v) is 5.38. The van der Waals surface area contributed by atoms with Crippen LogP contribution in [0.15, 0.2) is 22.3 Å². The molecule has 0 aliphatic rings. The second-order valence-corrected chi connectivity index (χ2v) is 7.67. The molecule has 0 aliphatic carbocycles. The lowest BCUT2D eigenvalue weighted by molar-refractivity contribution is 0.398. The quantitative estimate of drug-likeness (QED) is 0.502. The van der Waals surface area contributed by atoms with Crippen LogP contribution in [0.25, 0.3) is 22.2 Å². The number of halogens is 1. The van der Waals surface area contributed by atoms with Crippen LogP contribution in [0.3, 0.4) is 0 Å². The number of nitrogens with one attached hydrogen (secondary N) is 1. The van der Waals surface area contributed by atoms with Gasteiger partial charge in [0.05, 0.1) is 23.6 Å². The maximum absolute atomic E-state index is 6.42. The fourth-order valence-corrected chi connectivity index (χ4v) is 3.92. The number of aryl methyl sites for hydroxylation is 1. The highest BCUT2D eigenvalue weighted by Crippen LogP contribution is 2.36. The van der Waals surface area contributed by atoms with Crippen LogP contribution in [-0.2, 0) is 6.42 Å². The van der Waals surface area contributed by atoms with E-state index in [-0.39, 0.29) is 6.04 Å². The Morgan fingerprint density at radius 2 is 2.15 bits per heavy atom. The highest BCUT2D eigenvalue weighted by Gasteiger charge is 2.18. The van der Waals surface area contributed by atoms with E-state index in [0.717, 1.165) is 28.2 Å². The molecule has 1 N–H and O–H groups in total. The zero-order chi connectivity index (χ0) is 19.1. The molecule has 0 fully saturated rings. The third-order valence-electron chi connectivity index (χ3n) is 4.14. The summed E-state index contributed by atoms with van der Waals surface area (Å²) in [6, 6.07) is 2.12. The van der Waals surface area contributed by atoms with Crippen LogP contribution >= 0.6 is 23.4 Å². The first-order chi connectivity index (χ1) is 13.0. The first-order valence-corrected chi connectivity index (χ1v) is 9.72. The molecule has 0 saturated heterocycles. The molecule has 4 aromatic rings. The molecule has 0 unspecified atom stereocenters. The number of rotatable bonds is 5. The Kier molecular flexibility index (Phi) is 4.65. The van der Waals surface area contributed by atoms with E-state index in [4.69, 9.17) is 16.3 Å². The lowest BCUT2D eigenvalue weighted by Gasteiger charge is -2.06. The average Bonchev–Trinajstić information content (AvgIpc) is 3.22. The van der Waals surface area contributed by atoms with E-state index in [0.29, 0.717) is 27.1 Å². The third kappa shape index (κ3) is 3.10. The lowest BCUT2D eigenvalue weighted by atomic mass is 10.3. The summed E-state index contributed by atoms with van der Waals surface area (Å²) in [5.74, 6) is 0.447. The molecule has 4 rings (SSSR count). The van der Waals surface area contributed by atoms with Crippen molar-refractivity contribution in [3.05, 3.63) is 23.0 Å². The highest BCUT2D eigenvalue weighted by atomic mass is 35.5. The number of ether oxygens (including phenoxy) is 1. The predicted molar refractivity (Wildman–Crippen MR) is 105 cm³/mol. The molecule has 27 heavy (non-hydrogen) atoms. The van der Waals surface area contributed by atoms with E-state index in [1.165, 1.54) is 11.8 Å². The summed E-state index contributed by atoms with van der Waals surface area (Å²) in [6.45, 7) is 6.11. The first kappa shape index (κ1) is 18.0. The minimum atomic E-state index is 0.196. The van der Waals surface area contributed by atoms with E-state index < -0.39 is 0 Å². The molecule has 140 valence electrons. The normalized spacial score (nSPS) is 11.8. The molecule has 10 heteroatoms. The van der Waals surface area contributed by atoms with Crippen molar-refractivity contribution in [1.82, 2.24) is 34.9 Å². The SMILES string of the molecule is CCc1[nH]c2nc(Sc3cnc4c(c3)nnn4C(C)C)nc(OC)c2c1Cl. The number of fused-ring (bicyclic) bond motifs is 2. The lowest BCUT2D eigenvalue weighted by Crippen LogP contribution is -2.03. The van der Waals surface area contributed by atoms with E-state index >= 15 is 0 Å². The summed E-state index contributed by atoms with van der Waals surface area (Å²) in [5, 5.41) is 10.2. The molecule has 0 bridgehead atoms. The number of hydrogen-bond acceptors (Lipinski definition) is 7. The van der Waals surface area contributed by atoms with Gasteiger partial charge in [-0.2, -0.15) is 4.98 Å². The van der Waals surface area contributed by atoms with Gasteiger partial charge in [0.15, 0.2) is 10.8 Å². The van der Waals surface area contributed by atoms with Gasteiger partial charge in [-0.05, 0) is 38.1 Å². The largest absolute Gasteiger partial charge is 0.480 e. The van der Waals surface area contributed by atoms with Gasteiger partial charge in [-0.15, -0.1) is 5.10 Å². The van der Waals surface area contributed by atoms with Crippen molar-refractivity contribution in [2.45, 2.75) is 43.3 Å². The second-order valence-electron chi connectivity index (χ2n) is 6.25. The van der Waals surface area contributed by atoms with E-state index in [1.54, 1.807) is 18.0 Å². The molecule has 0 atom stereocenters. The van der Waals surface area contributed by atoms with Crippen LogP contribution in [0.1, 0.15) is 32.5 Å². The van der Waals surface area contributed by atoms with Crippen LogP contribution in [0, 0.1) is 0 Å². The average molecular weight is 404 g/mol. The number of H-pyrrole nitrogens is 1. The molecule has 0 aromatic carbocycles. The van der Waals surface area contributed by atoms with Gasteiger partial charge in [0.1, 0.15) is 11.2 Å². The summed E-state index contributed by atoms with van der Waals surface area (Å²) >= 11 is 7.80. The summed E-state index contributed by atoms with van der Waals surface area (Å²) in [4.78, 5) is 17.7. The van der Waals surface area contributed by atoms with Crippen molar-refractivity contribution in [3.63, 3.8) is 0 Å². The van der Waals surface area contributed by atoms with Crippen molar-refractivity contribution >= 4 is 45.6 Å². The topological polar surface area (TPSA) is 94.4 Å². The molecular weight excluding hydrogens is 386 g/mol. The van der Waals surface area contributed by atoms with Gasteiger partial charge in [0.2, 0.25) is 5.88 Å². The second kappa shape index (κ2) is 6.97. The Balaban J connectivity index is 1.73. The van der Waals surface area contributed by atoms with Gasteiger partial charge < -0.3 is 9.72 Å². The fourth-order valence-electron chi connectivity index (χ4n) is 2.82. The minimum absolute atomic E-state index is 0.196. The Labute approximate surface area is 164 Å². The highest BCUT2D eigenvalue weighted by molar-refractivity contribution is 7.99. The van der Waals surface area contributed by atoms with Crippen LogP contribution in [0.2, 0.25) is 5.02 Å². The molecular formula is C17H18ClN7OS. The van der Waals surface area contributed by atoms with Gasteiger partial charge in [-0.1, -0.05) is 23.7 Å². The zero-order valence-electron chi connectivity index (χ0n) is 15.3. The smallest absolute Gasteiger partial charge is 0.228 e. The molecule has 0 spiro atoms. The first-order valence-electron chi connectivity index (χ1n) is 8.52. The van der Waals surface area contributed by atoms with E-state index in [1.807, 2.05) is 26.8 Å². The van der Waals surface area contributed by atoms with Gasteiger partial charge >= 0.3 is 0 Å². The number of aromatic nitrogens is 7. The number of methoxy groups -OCH3 is 1. The van der Waals surface area contributed by atoms with Crippen molar-refractivity contribution in [3.8, 4) is 5.88 Å². The van der Waals surface area contributed by atoms with Crippen LogP contribution < -0.4 is 4.74 Å². The number of pyridine rings is 1. The summed E-state index contributed by atoms with van der Waals surface area (Å²) < 4.78 is 7.23. The number of aromatic amines is 1. The van der Waals surface area contributed by atoms with Gasteiger partial charge in [0, 0.05) is 16.8 Å². The molecule has 8 nitrogen and oxygen atoms in total. The predicted octanol–water partition coefficient (Wildman–Crippen LogP) is 4.05. The van der Waals surface area contributed by atoms with Gasteiger partial charge in [0.25, 0.3) is 0 Å². The minimum Gasteiger partial charge on any atom is -0.480 e. The summed E-state index contributed by atoms with van der Waals surface area (Å²) in [7, 11) is 1.57. The molecule has 0 radical (unpaired) electrons. The Morgan fingerprint density at radius 3 is 2.85 bits per heavy atom. The molecule has 0 saturated carbocycles. The zero-order valence-corrected chi connectivity index (χ0v) is 16.9. The monoisotopic (exact) mass is 403 g/mol. The summed E-state index contributed by atoms with van der Waals surface area (Å²) in [6.07, 6.45) is 2.54. The Bertz CT molecular complexity index is 1140. The van der Waals surface area contributed by atoms with E-state index in [2.05, 4.69) is 30.2 Å². The van der Waals surface area contributed by atoms with Crippen molar-refractivity contribution in [2.75, 3.05) is 7.11 Å². The summed E-state index contributed by atoms with van der Waals surface area (Å²) in [5.41, 5.74) is 3.06. The molecule has 4 heterocycles. The van der Waals surface area contributed by atoms with Crippen LogP contribution in [0.5, 0.6) is 5.88 Å². The Morgan fingerprint density at radius 1 is 1.33 bits per heavy atom. The van der Waals surface area contributed by atoms with Gasteiger partial charge in [-0.3, -0.25) is 0 Å². The van der Waals surface area contributed by atoms with E-state index in [9.17, 15) is 0 Å². The fraction of sp³-hybridized carbons (Fsp3) is 0.353. The van der Waals surface area contributed by atoms with Crippen molar-refractivity contribution in [2.24, 2.45) is 0 Å². The number of nitrogens with zero attached hydrogens (tertiary/aromatic N) is 6. The van der Waals surface area contributed by atoms with Crippen LogP contribution in [-0.4, -0.2) is 42.0 Å². The number of hydrogen-bond donors (Lipinski definition) is 1. The Hall–Kier alpha value is -2.39. The standard InChI is InChI=1S/C17H18ClN7OS/c1-5-10-13(18)12-14(20-10)21-17(22-16(12)26-4)27-9-6-11-15(19-7-9)25(8(2)3)24-23-11/h6-8H,5H2,1-4H3,(H,20,21,22). The maximum atomic E-state index is 6.42.